The normalized spacial score (nSPS) is 15.8. The SMILES string of the molecule is CCOC(=O)C1=C(COC(=O)C=Cc2c(C)nn(Cc3ccccc3Cl)c2C)NC(=O)NC1C. The Kier molecular flexibility index (Phi) is 8.12. The van der Waals surface area contributed by atoms with Crippen LogP contribution in [-0.2, 0) is 25.6 Å². The molecular formula is C24H27ClN4O5. The average molecular weight is 487 g/mol. The molecule has 1 aliphatic rings. The topological polar surface area (TPSA) is 112 Å². The van der Waals surface area contributed by atoms with Gasteiger partial charge in [-0.15, -0.1) is 0 Å². The molecule has 0 saturated carbocycles. The van der Waals surface area contributed by atoms with Crippen LogP contribution in [0.2, 0.25) is 5.02 Å². The van der Waals surface area contributed by atoms with Gasteiger partial charge in [0.25, 0.3) is 0 Å². The van der Waals surface area contributed by atoms with Gasteiger partial charge in [-0.3, -0.25) is 4.68 Å². The highest BCUT2D eigenvalue weighted by molar-refractivity contribution is 6.31. The van der Waals surface area contributed by atoms with Crippen molar-refractivity contribution in [3.05, 3.63) is 69.1 Å². The summed E-state index contributed by atoms with van der Waals surface area (Å²) in [5.41, 5.74) is 3.75. The fourth-order valence-corrected chi connectivity index (χ4v) is 3.83. The highest BCUT2D eigenvalue weighted by Crippen LogP contribution is 2.20. The summed E-state index contributed by atoms with van der Waals surface area (Å²) < 4.78 is 12.1. The van der Waals surface area contributed by atoms with Crippen molar-refractivity contribution in [1.29, 1.82) is 0 Å². The maximum atomic E-state index is 12.4. The number of rotatable bonds is 8. The van der Waals surface area contributed by atoms with Gasteiger partial charge in [0.05, 0.1) is 36.2 Å². The zero-order valence-corrected chi connectivity index (χ0v) is 20.2. The minimum atomic E-state index is -0.631. The lowest BCUT2D eigenvalue weighted by molar-refractivity contribution is -0.140. The van der Waals surface area contributed by atoms with Crippen molar-refractivity contribution >= 4 is 35.6 Å². The molecule has 9 nitrogen and oxygen atoms in total. The number of carbonyl (C=O) groups excluding carboxylic acids is 3. The Bertz CT molecular complexity index is 1170. The number of nitrogens with one attached hydrogen (secondary N) is 2. The molecule has 2 aromatic rings. The largest absolute Gasteiger partial charge is 0.463 e. The van der Waals surface area contributed by atoms with Gasteiger partial charge in [-0.25, -0.2) is 14.4 Å². The number of aromatic nitrogens is 2. The molecule has 2 amide bonds. The fraction of sp³-hybridized carbons (Fsp3) is 0.333. The molecule has 1 aromatic carbocycles. The number of amides is 2. The van der Waals surface area contributed by atoms with Crippen LogP contribution in [0.15, 0.2) is 41.6 Å². The molecule has 3 rings (SSSR count). The third-order valence-corrected chi connectivity index (χ3v) is 5.69. The van der Waals surface area contributed by atoms with Crippen molar-refractivity contribution in [1.82, 2.24) is 20.4 Å². The minimum Gasteiger partial charge on any atom is -0.463 e. The van der Waals surface area contributed by atoms with E-state index in [9.17, 15) is 14.4 Å². The molecule has 180 valence electrons. The van der Waals surface area contributed by atoms with Gasteiger partial charge >= 0.3 is 18.0 Å². The summed E-state index contributed by atoms with van der Waals surface area (Å²) in [6.07, 6.45) is 2.92. The number of hydrogen-bond donors (Lipinski definition) is 2. The van der Waals surface area contributed by atoms with Crippen molar-refractivity contribution in [3.63, 3.8) is 0 Å². The summed E-state index contributed by atoms with van der Waals surface area (Å²) in [6.45, 7) is 7.50. The second-order valence-corrected chi connectivity index (χ2v) is 8.11. The number of urea groups is 1. The van der Waals surface area contributed by atoms with E-state index in [4.69, 9.17) is 21.1 Å². The van der Waals surface area contributed by atoms with Crippen molar-refractivity contribution in [2.24, 2.45) is 0 Å². The quantitative estimate of drug-likeness (QED) is 0.437. The lowest BCUT2D eigenvalue weighted by Gasteiger charge is -2.26. The third-order valence-electron chi connectivity index (χ3n) is 5.33. The molecule has 1 atom stereocenters. The van der Waals surface area contributed by atoms with Gasteiger partial charge in [0.1, 0.15) is 6.61 Å². The Morgan fingerprint density at radius 1 is 1.24 bits per heavy atom. The van der Waals surface area contributed by atoms with E-state index in [0.717, 1.165) is 22.5 Å². The molecule has 2 N–H and O–H groups in total. The Hall–Kier alpha value is -3.59. The predicted octanol–water partition coefficient (Wildman–Crippen LogP) is 3.28. The third kappa shape index (κ3) is 5.85. The molecule has 34 heavy (non-hydrogen) atoms. The van der Waals surface area contributed by atoms with E-state index >= 15 is 0 Å². The van der Waals surface area contributed by atoms with Crippen LogP contribution in [0.3, 0.4) is 0 Å². The zero-order chi connectivity index (χ0) is 24.8. The van der Waals surface area contributed by atoms with E-state index in [1.807, 2.05) is 42.8 Å². The molecule has 0 saturated heterocycles. The minimum absolute atomic E-state index is 0.182. The van der Waals surface area contributed by atoms with E-state index in [1.165, 1.54) is 6.08 Å². The number of esters is 2. The first-order valence-electron chi connectivity index (χ1n) is 10.8. The van der Waals surface area contributed by atoms with Gasteiger partial charge in [-0.1, -0.05) is 29.8 Å². The monoisotopic (exact) mass is 486 g/mol. The fourth-order valence-electron chi connectivity index (χ4n) is 3.63. The lowest BCUT2D eigenvalue weighted by Crippen LogP contribution is -2.50. The summed E-state index contributed by atoms with van der Waals surface area (Å²) >= 11 is 6.26. The average Bonchev–Trinajstić information content (AvgIpc) is 3.04. The van der Waals surface area contributed by atoms with E-state index in [2.05, 4.69) is 15.7 Å². The second kappa shape index (κ2) is 11.0. The van der Waals surface area contributed by atoms with Crippen molar-refractivity contribution in [2.45, 2.75) is 40.3 Å². The summed E-state index contributed by atoms with van der Waals surface area (Å²) in [5, 5.41) is 10.3. The highest BCUT2D eigenvalue weighted by atomic mass is 35.5. The molecule has 10 heteroatoms. The Balaban J connectivity index is 1.70. The predicted molar refractivity (Wildman–Crippen MR) is 127 cm³/mol. The number of benzene rings is 1. The number of carbonyl (C=O) groups is 3. The first-order chi connectivity index (χ1) is 16.2. The van der Waals surface area contributed by atoms with Crippen LogP contribution in [0.4, 0.5) is 4.79 Å². The highest BCUT2D eigenvalue weighted by Gasteiger charge is 2.30. The maximum Gasteiger partial charge on any atom is 0.338 e. The molecule has 0 fully saturated rings. The number of halogens is 1. The van der Waals surface area contributed by atoms with Crippen LogP contribution in [0.5, 0.6) is 0 Å². The zero-order valence-electron chi connectivity index (χ0n) is 19.5. The number of hydrogen-bond acceptors (Lipinski definition) is 6. The molecule has 2 heterocycles. The van der Waals surface area contributed by atoms with Gasteiger partial charge in [0.2, 0.25) is 0 Å². The summed E-state index contributed by atoms with van der Waals surface area (Å²) in [6, 6.07) is 6.48. The standard InChI is InChI=1S/C24H27ClN4O5/c1-5-33-23(31)22-15(3)26-24(32)27-20(22)13-34-21(30)11-10-18-14(2)28-29(16(18)4)12-17-8-6-7-9-19(17)25/h6-11,15H,5,12-13H2,1-4H3,(H2,26,27,32). The lowest BCUT2D eigenvalue weighted by atomic mass is 10.0. The molecule has 1 aromatic heterocycles. The molecule has 1 unspecified atom stereocenters. The second-order valence-electron chi connectivity index (χ2n) is 7.71. The molecule has 0 radical (unpaired) electrons. The van der Waals surface area contributed by atoms with Gasteiger partial charge in [-0.2, -0.15) is 5.10 Å². The first-order valence-corrected chi connectivity index (χ1v) is 11.2. The van der Waals surface area contributed by atoms with Gasteiger partial charge in [0.15, 0.2) is 0 Å². The van der Waals surface area contributed by atoms with Crippen LogP contribution in [0.25, 0.3) is 6.08 Å². The molecule has 1 aliphatic heterocycles. The molecule has 0 spiro atoms. The first kappa shape index (κ1) is 25.0. The number of ether oxygens (including phenoxy) is 2. The van der Waals surface area contributed by atoms with Gasteiger partial charge in [0, 0.05) is 22.4 Å². The van der Waals surface area contributed by atoms with Crippen LogP contribution < -0.4 is 10.6 Å². The number of nitrogens with zero attached hydrogens (tertiary/aromatic N) is 2. The van der Waals surface area contributed by atoms with Gasteiger partial charge < -0.3 is 20.1 Å². The van der Waals surface area contributed by atoms with Crippen molar-refractivity contribution < 1.29 is 23.9 Å². The van der Waals surface area contributed by atoms with Crippen LogP contribution in [-0.4, -0.2) is 47.0 Å². The Morgan fingerprint density at radius 2 is 1.97 bits per heavy atom. The number of aryl methyl sites for hydroxylation is 1. The van der Waals surface area contributed by atoms with Crippen molar-refractivity contribution in [2.75, 3.05) is 13.2 Å². The van der Waals surface area contributed by atoms with E-state index in [0.29, 0.717) is 11.6 Å². The summed E-state index contributed by atoms with van der Waals surface area (Å²) in [4.78, 5) is 36.4. The smallest absolute Gasteiger partial charge is 0.338 e. The van der Waals surface area contributed by atoms with Crippen LogP contribution in [0.1, 0.15) is 36.4 Å². The van der Waals surface area contributed by atoms with Crippen LogP contribution in [0, 0.1) is 13.8 Å². The van der Waals surface area contributed by atoms with Crippen LogP contribution >= 0.6 is 11.6 Å². The van der Waals surface area contributed by atoms with E-state index in [1.54, 1.807) is 19.9 Å². The van der Waals surface area contributed by atoms with Crippen molar-refractivity contribution in [3.8, 4) is 0 Å². The molecule has 0 aliphatic carbocycles. The van der Waals surface area contributed by atoms with E-state index < -0.39 is 24.0 Å². The molecule has 0 bridgehead atoms. The summed E-state index contributed by atoms with van der Waals surface area (Å²) in [7, 11) is 0. The summed E-state index contributed by atoms with van der Waals surface area (Å²) in [5.74, 6) is -1.21. The Morgan fingerprint density at radius 3 is 2.68 bits per heavy atom. The van der Waals surface area contributed by atoms with Gasteiger partial charge in [-0.05, 0) is 45.4 Å². The Labute approximate surface area is 202 Å². The molecular weight excluding hydrogens is 460 g/mol. The maximum absolute atomic E-state index is 12.4. The van der Waals surface area contributed by atoms with E-state index in [-0.39, 0.29) is 24.5 Å².